The summed E-state index contributed by atoms with van der Waals surface area (Å²) in [6, 6.07) is 9.51. The van der Waals surface area contributed by atoms with E-state index >= 15 is 0 Å². The Morgan fingerprint density at radius 2 is 1.89 bits per heavy atom. The van der Waals surface area contributed by atoms with Gasteiger partial charge in [-0.2, -0.15) is 0 Å². The van der Waals surface area contributed by atoms with Crippen LogP contribution in [-0.2, 0) is 4.79 Å². The van der Waals surface area contributed by atoms with Crippen LogP contribution in [0.25, 0.3) is 0 Å². The van der Waals surface area contributed by atoms with E-state index in [2.05, 4.69) is 5.32 Å². The van der Waals surface area contributed by atoms with Crippen molar-refractivity contribution in [3.8, 4) is 5.75 Å². The van der Waals surface area contributed by atoms with Gasteiger partial charge in [0.2, 0.25) is 0 Å². The molecule has 27 heavy (non-hydrogen) atoms. The molecular formula is C20H21Cl2FN2O2. The lowest BCUT2D eigenvalue weighted by Crippen LogP contribution is -2.31. The molecule has 144 valence electrons. The first kappa shape index (κ1) is 19.8. The second-order valence-corrected chi connectivity index (χ2v) is 7.38. The molecule has 1 heterocycles. The standard InChI is InChI=1S/C20H21Cl2FN2O2/c1-13(27-19-8-5-14(21)11-16(19)22)20(26)24-15-6-7-18(17(23)12-15)25-9-3-2-4-10-25/h5-8,11-13H,2-4,9-10H2,1H3,(H,24,26)/t13-/m0/s1. The van der Waals surface area contributed by atoms with Crippen LogP contribution in [0.15, 0.2) is 36.4 Å². The molecule has 4 nitrogen and oxygen atoms in total. The van der Waals surface area contributed by atoms with Crippen LogP contribution in [0.2, 0.25) is 10.0 Å². The van der Waals surface area contributed by atoms with Crippen LogP contribution in [0.5, 0.6) is 5.75 Å². The SMILES string of the molecule is C[C@H](Oc1ccc(Cl)cc1Cl)C(=O)Nc1ccc(N2CCCCC2)c(F)c1. The summed E-state index contributed by atoms with van der Waals surface area (Å²) >= 11 is 11.9. The minimum Gasteiger partial charge on any atom is -0.479 e. The van der Waals surface area contributed by atoms with Crippen LogP contribution in [0.4, 0.5) is 15.8 Å². The molecule has 0 saturated carbocycles. The van der Waals surface area contributed by atoms with E-state index in [-0.39, 0.29) is 5.82 Å². The van der Waals surface area contributed by atoms with Gasteiger partial charge in [-0.15, -0.1) is 0 Å². The zero-order valence-corrected chi connectivity index (χ0v) is 16.5. The molecule has 1 aliphatic heterocycles. The highest BCUT2D eigenvalue weighted by atomic mass is 35.5. The maximum Gasteiger partial charge on any atom is 0.265 e. The number of benzene rings is 2. The maximum absolute atomic E-state index is 14.5. The molecule has 7 heteroatoms. The molecule has 0 aromatic heterocycles. The van der Waals surface area contributed by atoms with Crippen molar-refractivity contribution < 1.29 is 13.9 Å². The number of piperidine rings is 1. The van der Waals surface area contributed by atoms with Crippen LogP contribution in [0.3, 0.4) is 0 Å². The summed E-state index contributed by atoms with van der Waals surface area (Å²) in [6.07, 6.45) is 2.51. The first-order valence-corrected chi connectivity index (χ1v) is 9.66. The van der Waals surface area contributed by atoms with Crippen molar-refractivity contribution in [3.63, 3.8) is 0 Å². The van der Waals surface area contributed by atoms with Crippen LogP contribution in [0, 0.1) is 5.82 Å². The number of carbonyl (C=O) groups excluding carboxylic acids is 1. The molecule has 0 spiro atoms. The highest BCUT2D eigenvalue weighted by Crippen LogP contribution is 2.29. The second-order valence-electron chi connectivity index (χ2n) is 6.54. The lowest BCUT2D eigenvalue weighted by Gasteiger charge is -2.29. The molecule has 1 amide bonds. The fourth-order valence-electron chi connectivity index (χ4n) is 3.03. The molecule has 0 bridgehead atoms. The molecule has 0 radical (unpaired) electrons. The predicted molar refractivity (Wildman–Crippen MR) is 108 cm³/mol. The number of hydrogen-bond donors (Lipinski definition) is 1. The summed E-state index contributed by atoms with van der Waals surface area (Å²) < 4.78 is 20.0. The summed E-state index contributed by atoms with van der Waals surface area (Å²) in [5.41, 5.74) is 0.959. The number of halogens is 3. The van der Waals surface area contributed by atoms with Gasteiger partial charge in [0.1, 0.15) is 11.6 Å². The third-order valence-corrected chi connectivity index (χ3v) is 5.01. The molecule has 1 fully saturated rings. The number of carbonyl (C=O) groups is 1. The highest BCUT2D eigenvalue weighted by molar-refractivity contribution is 6.35. The van der Waals surface area contributed by atoms with Crippen LogP contribution < -0.4 is 15.0 Å². The molecule has 1 atom stereocenters. The molecule has 3 rings (SSSR count). The summed E-state index contributed by atoms with van der Waals surface area (Å²) in [7, 11) is 0. The average Bonchev–Trinajstić information content (AvgIpc) is 2.64. The van der Waals surface area contributed by atoms with Crippen molar-refractivity contribution in [3.05, 3.63) is 52.3 Å². The highest BCUT2D eigenvalue weighted by Gasteiger charge is 2.19. The molecule has 0 aliphatic carbocycles. The van der Waals surface area contributed by atoms with Gasteiger partial charge >= 0.3 is 0 Å². The lowest BCUT2D eigenvalue weighted by molar-refractivity contribution is -0.122. The Morgan fingerprint density at radius 3 is 2.56 bits per heavy atom. The van der Waals surface area contributed by atoms with Gasteiger partial charge in [-0.3, -0.25) is 4.79 Å². The van der Waals surface area contributed by atoms with Crippen LogP contribution >= 0.6 is 23.2 Å². The third-order valence-electron chi connectivity index (χ3n) is 4.48. The first-order chi connectivity index (χ1) is 12.9. The molecule has 1 N–H and O–H groups in total. The summed E-state index contributed by atoms with van der Waals surface area (Å²) in [4.78, 5) is 14.4. The van der Waals surface area contributed by atoms with Crippen molar-refractivity contribution in [2.24, 2.45) is 0 Å². The Hall–Kier alpha value is -1.98. The normalized spacial score (nSPS) is 15.3. The van der Waals surface area contributed by atoms with Crippen molar-refractivity contribution >= 4 is 40.5 Å². The predicted octanol–water partition coefficient (Wildman–Crippen LogP) is 5.53. The Bertz CT molecular complexity index is 826. The van der Waals surface area contributed by atoms with Gasteiger partial charge in [-0.1, -0.05) is 23.2 Å². The van der Waals surface area contributed by atoms with E-state index in [1.807, 2.05) is 4.90 Å². The van der Waals surface area contributed by atoms with Gasteiger partial charge in [0.05, 0.1) is 10.7 Å². The average molecular weight is 411 g/mol. The molecule has 2 aromatic carbocycles. The summed E-state index contributed by atoms with van der Waals surface area (Å²) in [5.74, 6) is -0.384. The van der Waals surface area contributed by atoms with Crippen molar-refractivity contribution in [1.29, 1.82) is 0 Å². The summed E-state index contributed by atoms with van der Waals surface area (Å²) in [5, 5.41) is 3.47. The molecule has 1 aliphatic rings. The third kappa shape index (κ3) is 5.05. The Balaban J connectivity index is 1.63. The van der Waals surface area contributed by atoms with Crippen LogP contribution in [-0.4, -0.2) is 25.1 Å². The fourth-order valence-corrected chi connectivity index (χ4v) is 3.49. The first-order valence-electron chi connectivity index (χ1n) is 8.91. The minimum absolute atomic E-state index is 0.319. The zero-order valence-electron chi connectivity index (χ0n) is 15.0. The van der Waals surface area contributed by atoms with E-state index in [0.29, 0.717) is 27.2 Å². The molecule has 2 aromatic rings. The second kappa shape index (κ2) is 8.81. The largest absolute Gasteiger partial charge is 0.479 e. The van der Waals surface area contributed by atoms with Gasteiger partial charge in [0.15, 0.2) is 6.10 Å². The number of ether oxygens (including phenoxy) is 1. The van der Waals surface area contributed by atoms with Crippen molar-refractivity contribution in [1.82, 2.24) is 0 Å². The Morgan fingerprint density at radius 1 is 1.15 bits per heavy atom. The zero-order chi connectivity index (χ0) is 19.4. The smallest absolute Gasteiger partial charge is 0.265 e. The number of nitrogens with zero attached hydrogens (tertiary/aromatic N) is 1. The van der Waals surface area contributed by atoms with Crippen molar-refractivity contribution in [2.45, 2.75) is 32.3 Å². The van der Waals surface area contributed by atoms with E-state index in [1.165, 1.54) is 18.6 Å². The number of hydrogen-bond acceptors (Lipinski definition) is 3. The number of rotatable bonds is 5. The Labute approximate surface area is 168 Å². The molecular weight excluding hydrogens is 390 g/mol. The minimum atomic E-state index is -0.812. The van der Waals surface area contributed by atoms with Gasteiger partial charge in [-0.05, 0) is 62.6 Å². The van der Waals surface area contributed by atoms with Gasteiger partial charge in [0, 0.05) is 23.8 Å². The molecule has 1 saturated heterocycles. The Kier molecular flexibility index (Phi) is 6.45. The molecule has 0 unspecified atom stereocenters. The van der Waals surface area contributed by atoms with Gasteiger partial charge in [-0.25, -0.2) is 4.39 Å². The van der Waals surface area contributed by atoms with E-state index in [1.54, 1.807) is 31.2 Å². The maximum atomic E-state index is 14.5. The van der Waals surface area contributed by atoms with E-state index < -0.39 is 12.0 Å². The monoisotopic (exact) mass is 410 g/mol. The lowest BCUT2D eigenvalue weighted by atomic mass is 10.1. The fraction of sp³-hybridized carbons (Fsp3) is 0.350. The van der Waals surface area contributed by atoms with E-state index in [4.69, 9.17) is 27.9 Å². The van der Waals surface area contributed by atoms with E-state index in [9.17, 15) is 9.18 Å². The number of anilines is 2. The number of amides is 1. The van der Waals surface area contributed by atoms with E-state index in [0.717, 1.165) is 25.9 Å². The number of nitrogens with one attached hydrogen (secondary N) is 1. The topological polar surface area (TPSA) is 41.6 Å². The van der Waals surface area contributed by atoms with Gasteiger partial charge < -0.3 is 15.0 Å². The van der Waals surface area contributed by atoms with Gasteiger partial charge in [0.25, 0.3) is 5.91 Å². The quantitative estimate of drug-likeness (QED) is 0.704. The van der Waals surface area contributed by atoms with Crippen LogP contribution in [0.1, 0.15) is 26.2 Å². The van der Waals surface area contributed by atoms with Crippen molar-refractivity contribution in [2.75, 3.05) is 23.3 Å². The summed E-state index contributed by atoms with van der Waals surface area (Å²) in [6.45, 7) is 3.31.